The van der Waals surface area contributed by atoms with Crippen LogP contribution in [0.2, 0.25) is 4.47 Å². The molecule has 0 bridgehead atoms. The Balaban J connectivity index is 2.06. The number of rotatable bonds is 2. The molecule has 0 aliphatic carbocycles. The van der Waals surface area contributed by atoms with Gasteiger partial charge >= 0.3 is 0 Å². The summed E-state index contributed by atoms with van der Waals surface area (Å²) in [6, 6.07) is 3.78. The molecule has 0 radical (unpaired) electrons. The molecule has 3 rings (SSSR count). The molecule has 2 aromatic rings. The minimum atomic E-state index is -0.488. The fraction of sp³-hybridized carbons (Fsp3) is 0.214. The highest BCUT2D eigenvalue weighted by molar-refractivity contribution is 7.15. The molecule has 1 aliphatic rings. The molecule has 1 aromatic heterocycles. The van der Waals surface area contributed by atoms with Crippen LogP contribution in [0.15, 0.2) is 18.3 Å². The van der Waals surface area contributed by atoms with Crippen molar-refractivity contribution in [2.75, 3.05) is 4.90 Å². The molecule has 1 aliphatic heterocycles. The third kappa shape index (κ3) is 2.03. The Labute approximate surface area is 125 Å². The van der Waals surface area contributed by atoms with Gasteiger partial charge in [0.2, 0.25) is 0 Å². The number of Topliss-reactive ketones (excluding diaryl/α,β-unsaturated/α-hetero) is 1. The number of amides is 1. The highest BCUT2D eigenvalue weighted by Gasteiger charge is 2.37. The topological polar surface area (TPSA) is 50.3 Å². The molecule has 1 aromatic carbocycles. The van der Waals surface area contributed by atoms with Gasteiger partial charge in [0.15, 0.2) is 4.47 Å². The summed E-state index contributed by atoms with van der Waals surface area (Å²) in [4.78, 5) is 30.6. The van der Waals surface area contributed by atoms with Crippen LogP contribution in [0.5, 0.6) is 0 Å². The van der Waals surface area contributed by atoms with Gasteiger partial charge in [0.25, 0.3) is 11.7 Å². The first kappa shape index (κ1) is 13.3. The van der Waals surface area contributed by atoms with Crippen LogP contribution < -0.4 is 4.90 Å². The van der Waals surface area contributed by atoms with E-state index in [-0.39, 0.29) is 0 Å². The average Bonchev–Trinajstić information content (AvgIpc) is 2.87. The largest absolute Gasteiger partial charge is 0.299 e. The van der Waals surface area contributed by atoms with E-state index in [0.29, 0.717) is 22.3 Å². The van der Waals surface area contributed by atoms with E-state index < -0.39 is 11.7 Å². The van der Waals surface area contributed by atoms with Crippen molar-refractivity contribution in [1.29, 1.82) is 0 Å². The summed E-state index contributed by atoms with van der Waals surface area (Å²) in [7, 11) is 0. The molecule has 6 heteroatoms. The van der Waals surface area contributed by atoms with Gasteiger partial charge in [-0.15, -0.1) is 11.3 Å². The third-order valence-corrected chi connectivity index (χ3v) is 4.36. The van der Waals surface area contributed by atoms with Gasteiger partial charge in [-0.1, -0.05) is 17.7 Å². The number of carbonyl (C=O) groups excluding carboxylic acids is 2. The Morgan fingerprint density at radius 1 is 1.30 bits per heavy atom. The predicted molar refractivity (Wildman–Crippen MR) is 78.6 cm³/mol. The van der Waals surface area contributed by atoms with Crippen molar-refractivity contribution in [2.45, 2.75) is 20.4 Å². The first-order valence-corrected chi connectivity index (χ1v) is 7.24. The second-order valence-corrected chi connectivity index (χ2v) is 6.47. The molecule has 0 atom stereocenters. The number of fused-ring (bicyclic) bond motifs is 1. The summed E-state index contributed by atoms with van der Waals surface area (Å²) in [6.45, 7) is 4.12. The zero-order valence-electron chi connectivity index (χ0n) is 10.9. The van der Waals surface area contributed by atoms with Gasteiger partial charge in [-0.25, -0.2) is 4.98 Å². The summed E-state index contributed by atoms with van der Waals surface area (Å²) in [5.41, 5.74) is 3.05. The third-order valence-electron chi connectivity index (χ3n) is 3.26. The van der Waals surface area contributed by atoms with Crippen molar-refractivity contribution < 1.29 is 9.59 Å². The summed E-state index contributed by atoms with van der Waals surface area (Å²) >= 11 is 7.11. The molecule has 0 saturated carbocycles. The van der Waals surface area contributed by atoms with E-state index in [1.165, 1.54) is 16.2 Å². The SMILES string of the molecule is Cc1cc(C)c2c(c1)N(Cc1cnc(Cl)s1)C(=O)C2=O. The predicted octanol–water partition coefficient (Wildman–Crippen LogP) is 3.14. The van der Waals surface area contributed by atoms with E-state index in [2.05, 4.69) is 4.98 Å². The molecule has 102 valence electrons. The van der Waals surface area contributed by atoms with Gasteiger partial charge in [0, 0.05) is 11.1 Å². The summed E-state index contributed by atoms with van der Waals surface area (Å²) in [5.74, 6) is -0.925. The monoisotopic (exact) mass is 306 g/mol. The van der Waals surface area contributed by atoms with Crippen molar-refractivity contribution in [2.24, 2.45) is 0 Å². The second-order valence-electron chi connectivity index (χ2n) is 4.78. The van der Waals surface area contributed by atoms with Gasteiger partial charge < -0.3 is 0 Å². The number of benzene rings is 1. The number of aromatic nitrogens is 1. The van der Waals surface area contributed by atoms with Crippen LogP contribution in [0, 0.1) is 13.8 Å². The molecule has 2 heterocycles. The number of hydrogen-bond donors (Lipinski definition) is 0. The standard InChI is InChI=1S/C14H11ClN2O2S/c1-7-3-8(2)11-10(4-7)17(13(19)12(11)18)6-9-5-16-14(15)20-9/h3-5H,6H2,1-2H3. The van der Waals surface area contributed by atoms with Gasteiger partial charge in [0.05, 0.1) is 17.8 Å². The zero-order valence-corrected chi connectivity index (χ0v) is 12.5. The fourth-order valence-electron chi connectivity index (χ4n) is 2.46. The Hall–Kier alpha value is -1.72. The Bertz CT molecular complexity index is 739. The van der Waals surface area contributed by atoms with E-state index >= 15 is 0 Å². The lowest BCUT2D eigenvalue weighted by atomic mass is 10.0. The summed E-state index contributed by atoms with van der Waals surface area (Å²) in [5, 5.41) is 0. The highest BCUT2D eigenvalue weighted by Crippen LogP contribution is 2.34. The van der Waals surface area contributed by atoms with Crippen LogP contribution >= 0.6 is 22.9 Å². The molecule has 0 fully saturated rings. The number of carbonyl (C=O) groups is 2. The molecule has 0 spiro atoms. The maximum Gasteiger partial charge on any atom is 0.299 e. The minimum absolute atomic E-state index is 0.324. The lowest BCUT2D eigenvalue weighted by molar-refractivity contribution is -0.114. The Morgan fingerprint density at radius 3 is 2.70 bits per heavy atom. The maximum absolute atomic E-state index is 12.2. The molecular weight excluding hydrogens is 296 g/mol. The quantitative estimate of drug-likeness (QED) is 0.801. The summed E-state index contributed by atoms with van der Waals surface area (Å²) < 4.78 is 0.429. The van der Waals surface area contributed by atoms with Crippen LogP contribution in [-0.4, -0.2) is 16.7 Å². The van der Waals surface area contributed by atoms with E-state index in [1.807, 2.05) is 26.0 Å². The Morgan fingerprint density at radius 2 is 2.05 bits per heavy atom. The van der Waals surface area contributed by atoms with Gasteiger partial charge in [-0.2, -0.15) is 0 Å². The molecule has 0 N–H and O–H groups in total. The van der Waals surface area contributed by atoms with Gasteiger partial charge in [-0.3, -0.25) is 14.5 Å². The van der Waals surface area contributed by atoms with Gasteiger partial charge in [-0.05, 0) is 31.0 Å². The number of hydrogen-bond acceptors (Lipinski definition) is 4. The number of halogens is 1. The molecule has 20 heavy (non-hydrogen) atoms. The maximum atomic E-state index is 12.2. The lowest BCUT2D eigenvalue weighted by Gasteiger charge is -2.16. The first-order valence-electron chi connectivity index (χ1n) is 6.05. The molecule has 0 saturated heterocycles. The molecule has 1 amide bonds. The second kappa shape index (κ2) is 4.68. The minimum Gasteiger partial charge on any atom is -0.299 e. The first-order chi connectivity index (χ1) is 9.47. The van der Waals surface area contributed by atoms with Crippen molar-refractivity contribution in [3.8, 4) is 0 Å². The molecule has 0 unspecified atom stereocenters. The van der Waals surface area contributed by atoms with Crippen molar-refractivity contribution in [1.82, 2.24) is 4.98 Å². The van der Waals surface area contributed by atoms with Crippen LogP contribution in [0.25, 0.3) is 0 Å². The van der Waals surface area contributed by atoms with Crippen LogP contribution in [0.3, 0.4) is 0 Å². The number of nitrogens with zero attached hydrogens (tertiary/aromatic N) is 2. The van der Waals surface area contributed by atoms with E-state index in [9.17, 15) is 9.59 Å². The van der Waals surface area contributed by atoms with Crippen molar-refractivity contribution in [3.63, 3.8) is 0 Å². The Kier molecular flexibility index (Phi) is 3.11. The fourth-order valence-corrected chi connectivity index (χ4v) is 3.43. The highest BCUT2D eigenvalue weighted by atomic mass is 35.5. The number of thiazole rings is 1. The average molecular weight is 307 g/mol. The lowest BCUT2D eigenvalue weighted by Crippen LogP contribution is -2.28. The summed E-state index contributed by atoms with van der Waals surface area (Å²) in [6.07, 6.45) is 1.63. The van der Waals surface area contributed by atoms with Crippen molar-refractivity contribution >= 4 is 40.3 Å². The van der Waals surface area contributed by atoms with Crippen LogP contribution in [-0.2, 0) is 11.3 Å². The van der Waals surface area contributed by atoms with Crippen LogP contribution in [0.4, 0.5) is 5.69 Å². The number of anilines is 1. The van der Waals surface area contributed by atoms with E-state index in [4.69, 9.17) is 11.6 Å². The number of ketones is 1. The van der Waals surface area contributed by atoms with Gasteiger partial charge in [0.1, 0.15) is 0 Å². The number of aryl methyl sites for hydroxylation is 2. The van der Waals surface area contributed by atoms with Crippen LogP contribution in [0.1, 0.15) is 26.4 Å². The normalized spacial score (nSPS) is 14.1. The van der Waals surface area contributed by atoms with Crippen molar-refractivity contribution in [3.05, 3.63) is 44.4 Å². The molecule has 4 nitrogen and oxygen atoms in total. The zero-order chi connectivity index (χ0) is 14.4. The van der Waals surface area contributed by atoms with E-state index in [0.717, 1.165) is 16.0 Å². The molecular formula is C14H11ClN2O2S. The smallest absolute Gasteiger partial charge is 0.299 e. The van der Waals surface area contributed by atoms with E-state index in [1.54, 1.807) is 6.20 Å².